The summed E-state index contributed by atoms with van der Waals surface area (Å²) in [5.41, 5.74) is 0.917. The summed E-state index contributed by atoms with van der Waals surface area (Å²) in [7, 11) is 1.64. The number of carbonyl (C=O) groups excluding carboxylic acids is 1. The molecule has 0 aliphatic rings. The van der Waals surface area contributed by atoms with Gasteiger partial charge in [0.1, 0.15) is 5.75 Å². The van der Waals surface area contributed by atoms with Crippen LogP contribution in [-0.2, 0) is 5.41 Å². The monoisotopic (exact) mass is 308 g/mol. The van der Waals surface area contributed by atoms with E-state index in [-0.39, 0.29) is 24.1 Å². The molecule has 5 nitrogen and oxygen atoms in total. The van der Waals surface area contributed by atoms with Gasteiger partial charge in [0.25, 0.3) is 0 Å². The second-order valence-corrected chi connectivity index (χ2v) is 6.21. The lowest BCUT2D eigenvalue weighted by Crippen LogP contribution is -2.45. The normalized spacial score (nSPS) is 12.6. The van der Waals surface area contributed by atoms with Crippen molar-refractivity contribution >= 4 is 6.03 Å². The van der Waals surface area contributed by atoms with Crippen LogP contribution in [0.5, 0.6) is 5.75 Å². The largest absolute Gasteiger partial charge is 0.497 e. The molecule has 2 amide bonds. The van der Waals surface area contributed by atoms with E-state index in [1.165, 1.54) is 0 Å². The Balaban J connectivity index is 2.52. The van der Waals surface area contributed by atoms with E-state index in [0.717, 1.165) is 17.7 Å². The molecule has 1 aromatic rings. The molecule has 0 aliphatic heterocycles. The fraction of sp³-hybridized carbons (Fsp3) is 0.588. The summed E-state index contributed by atoms with van der Waals surface area (Å²) in [5, 5.41) is 14.6. The summed E-state index contributed by atoms with van der Waals surface area (Å²) < 4.78 is 5.25. The summed E-state index contributed by atoms with van der Waals surface area (Å²) in [6, 6.07) is 7.75. The van der Waals surface area contributed by atoms with Gasteiger partial charge in [0.05, 0.1) is 7.11 Å². The lowest BCUT2D eigenvalue weighted by molar-refractivity contribution is 0.232. The molecule has 1 rings (SSSR count). The van der Waals surface area contributed by atoms with Crippen LogP contribution in [0, 0.1) is 0 Å². The Morgan fingerprint density at radius 1 is 1.41 bits per heavy atom. The molecule has 1 aromatic carbocycles. The van der Waals surface area contributed by atoms with Crippen LogP contribution in [0.1, 0.15) is 39.2 Å². The molecular weight excluding hydrogens is 280 g/mol. The highest BCUT2D eigenvalue weighted by molar-refractivity contribution is 5.74. The minimum Gasteiger partial charge on any atom is -0.497 e. The number of hydrogen-bond acceptors (Lipinski definition) is 3. The predicted molar refractivity (Wildman–Crippen MR) is 88.3 cm³/mol. The third-order valence-electron chi connectivity index (χ3n) is 3.71. The zero-order valence-electron chi connectivity index (χ0n) is 14.0. The van der Waals surface area contributed by atoms with Crippen molar-refractivity contribution in [3.8, 4) is 5.75 Å². The molecule has 1 unspecified atom stereocenters. The highest BCUT2D eigenvalue weighted by Gasteiger charge is 2.22. The molecule has 0 aromatic heterocycles. The quantitative estimate of drug-likeness (QED) is 0.691. The van der Waals surface area contributed by atoms with Crippen molar-refractivity contribution in [2.75, 3.05) is 20.3 Å². The molecule has 5 heteroatoms. The van der Waals surface area contributed by atoms with E-state index in [9.17, 15) is 4.79 Å². The Hall–Kier alpha value is -1.75. The van der Waals surface area contributed by atoms with Crippen LogP contribution in [0.4, 0.5) is 4.79 Å². The first-order chi connectivity index (χ1) is 10.4. The van der Waals surface area contributed by atoms with Crippen molar-refractivity contribution in [2.24, 2.45) is 0 Å². The summed E-state index contributed by atoms with van der Waals surface area (Å²) in [4.78, 5) is 11.9. The summed E-state index contributed by atoms with van der Waals surface area (Å²) >= 11 is 0. The zero-order chi connectivity index (χ0) is 16.6. The molecule has 0 saturated heterocycles. The molecule has 0 bridgehead atoms. The SMILES string of the molecule is COc1cccc(C(C)(C)CNC(=O)NC(C)CCCO)c1. The van der Waals surface area contributed by atoms with E-state index < -0.39 is 0 Å². The van der Waals surface area contributed by atoms with Gasteiger partial charge in [-0.1, -0.05) is 26.0 Å². The molecule has 0 aliphatic carbocycles. The Morgan fingerprint density at radius 2 is 2.14 bits per heavy atom. The van der Waals surface area contributed by atoms with E-state index in [2.05, 4.69) is 24.5 Å². The average Bonchev–Trinajstić information content (AvgIpc) is 2.51. The van der Waals surface area contributed by atoms with Crippen LogP contribution in [0.2, 0.25) is 0 Å². The van der Waals surface area contributed by atoms with E-state index in [0.29, 0.717) is 13.0 Å². The van der Waals surface area contributed by atoms with E-state index in [1.807, 2.05) is 31.2 Å². The Kier molecular flexibility index (Phi) is 7.18. The summed E-state index contributed by atoms with van der Waals surface area (Å²) in [6.07, 6.45) is 1.46. The molecule has 1 atom stereocenters. The van der Waals surface area contributed by atoms with Gasteiger partial charge in [-0.25, -0.2) is 4.79 Å². The van der Waals surface area contributed by atoms with Gasteiger partial charge in [-0.15, -0.1) is 0 Å². The second-order valence-electron chi connectivity index (χ2n) is 6.21. The van der Waals surface area contributed by atoms with Crippen molar-refractivity contribution in [1.29, 1.82) is 0 Å². The number of carbonyl (C=O) groups is 1. The van der Waals surface area contributed by atoms with Crippen LogP contribution >= 0.6 is 0 Å². The number of methoxy groups -OCH3 is 1. The van der Waals surface area contributed by atoms with Gasteiger partial charge in [0.2, 0.25) is 0 Å². The number of amides is 2. The standard InChI is InChI=1S/C17H28N2O3/c1-13(7-6-10-20)19-16(21)18-12-17(2,3)14-8-5-9-15(11-14)22-4/h5,8-9,11,13,20H,6-7,10,12H2,1-4H3,(H2,18,19,21). The van der Waals surface area contributed by atoms with Crippen LogP contribution in [-0.4, -0.2) is 37.4 Å². The van der Waals surface area contributed by atoms with Crippen LogP contribution in [0.15, 0.2) is 24.3 Å². The van der Waals surface area contributed by atoms with Gasteiger partial charge in [-0.2, -0.15) is 0 Å². The third kappa shape index (κ3) is 5.93. The van der Waals surface area contributed by atoms with Gasteiger partial charge in [0, 0.05) is 24.6 Å². The van der Waals surface area contributed by atoms with Crippen molar-refractivity contribution in [3.63, 3.8) is 0 Å². The topological polar surface area (TPSA) is 70.6 Å². The summed E-state index contributed by atoms with van der Waals surface area (Å²) in [5.74, 6) is 0.813. The van der Waals surface area contributed by atoms with Gasteiger partial charge in [0.15, 0.2) is 0 Å². The zero-order valence-corrected chi connectivity index (χ0v) is 14.0. The number of rotatable bonds is 8. The Labute approximate surface area is 133 Å². The Morgan fingerprint density at radius 3 is 2.77 bits per heavy atom. The summed E-state index contributed by atoms with van der Waals surface area (Å²) in [6.45, 7) is 6.77. The number of aliphatic hydroxyl groups excluding tert-OH is 1. The van der Waals surface area contributed by atoms with Gasteiger partial charge in [-0.05, 0) is 37.5 Å². The first kappa shape index (κ1) is 18.3. The maximum Gasteiger partial charge on any atom is 0.315 e. The molecular formula is C17H28N2O3. The number of urea groups is 1. The van der Waals surface area contributed by atoms with E-state index in [4.69, 9.17) is 9.84 Å². The molecule has 0 radical (unpaired) electrons. The average molecular weight is 308 g/mol. The van der Waals surface area contributed by atoms with Crippen molar-refractivity contribution in [2.45, 2.75) is 45.1 Å². The molecule has 3 N–H and O–H groups in total. The van der Waals surface area contributed by atoms with Crippen molar-refractivity contribution in [3.05, 3.63) is 29.8 Å². The highest BCUT2D eigenvalue weighted by atomic mass is 16.5. The minimum atomic E-state index is -0.194. The molecule has 0 fully saturated rings. The van der Waals surface area contributed by atoms with Crippen LogP contribution in [0.3, 0.4) is 0 Å². The predicted octanol–water partition coefficient (Wildman–Crippen LogP) is 2.43. The smallest absolute Gasteiger partial charge is 0.315 e. The number of aliphatic hydroxyl groups is 1. The van der Waals surface area contributed by atoms with Gasteiger partial charge >= 0.3 is 6.03 Å². The van der Waals surface area contributed by atoms with Crippen molar-refractivity contribution < 1.29 is 14.6 Å². The first-order valence-corrected chi connectivity index (χ1v) is 7.69. The first-order valence-electron chi connectivity index (χ1n) is 7.69. The molecule has 0 spiro atoms. The number of benzene rings is 1. The maximum atomic E-state index is 11.9. The van der Waals surface area contributed by atoms with Crippen LogP contribution < -0.4 is 15.4 Å². The number of nitrogens with one attached hydrogen (secondary N) is 2. The Bertz CT molecular complexity index is 475. The minimum absolute atomic E-state index is 0.0482. The third-order valence-corrected chi connectivity index (χ3v) is 3.71. The molecule has 0 saturated carbocycles. The fourth-order valence-corrected chi connectivity index (χ4v) is 2.19. The lowest BCUT2D eigenvalue weighted by Gasteiger charge is -2.26. The van der Waals surface area contributed by atoms with Crippen LogP contribution in [0.25, 0.3) is 0 Å². The molecule has 22 heavy (non-hydrogen) atoms. The number of hydrogen-bond donors (Lipinski definition) is 3. The number of ether oxygens (including phenoxy) is 1. The van der Waals surface area contributed by atoms with Gasteiger partial charge in [-0.3, -0.25) is 0 Å². The van der Waals surface area contributed by atoms with E-state index in [1.54, 1.807) is 7.11 Å². The molecule has 124 valence electrons. The maximum absolute atomic E-state index is 11.9. The van der Waals surface area contributed by atoms with E-state index >= 15 is 0 Å². The second kappa shape index (κ2) is 8.63. The van der Waals surface area contributed by atoms with Gasteiger partial charge < -0.3 is 20.5 Å². The van der Waals surface area contributed by atoms with Crippen molar-refractivity contribution in [1.82, 2.24) is 10.6 Å². The fourth-order valence-electron chi connectivity index (χ4n) is 2.19. The lowest BCUT2D eigenvalue weighted by atomic mass is 9.84. The molecule has 0 heterocycles. The highest BCUT2D eigenvalue weighted by Crippen LogP contribution is 2.25.